The van der Waals surface area contributed by atoms with Gasteiger partial charge in [-0.05, 0) is 12.6 Å². The molecule has 0 saturated carbocycles. The van der Waals surface area contributed by atoms with Crippen molar-refractivity contribution in [3.63, 3.8) is 0 Å². The van der Waals surface area contributed by atoms with Crippen molar-refractivity contribution in [3.05, 3.63) is 30.1 Å². The maximum atomic E-state index is 3.92. The molecular weight excluding hydrogens is 324 g/mol. The summed E-state index contributed by atoms with van der Waals surface area (Å²) < 4.78 is 0. The molecule has 0 spiro atoms. The summed E-state index contributed by atoms with van der Waals surface area (Å²) in [6.07, 6.45) is 1.66. The van der Waals surface area contributed by atoms with Crippen LogP contribution in [0.2, 0.25) is 0 Å². The van der Waals surface area contributed by atoms with Crippen molar-refractivity contribution in [1.82, 2.24) is 4.98 Å². The van der Waals surface area contributed by atoms with Crippen LogP contribution < -0.4 is 0 Å². The van der Waals surface area contributed by atoms with E-state index in [0.29, 0.717) is 0 Å². The summed E-state index contributed by atoms with van der Waals surface area (Å²) in [5, 5.41) is 0. The summed E-state index contributed by atoms with van der Waals surface area (Å²) in [4.78, 5) is 3.92. The molecule has 1 nitrogen and oxygen atoms in total. The van der Waals surface area contributed by atoms with Crippen LogP contribution in [0.5, 0.6) is 0 Å². The molecule has 0 radical (unpaired) electrons. The minimum absolute atomic E-state index is 0. The molecule has 0 amide bonds. The van der Waals surface area contributed by atoms with Crippen LogP contribution in [0.1, 0.15) is 5.69 Å². The Kier molecular flexibility index (Phi) is 4.22. The van der Waals surface area contributed by atoms with Crippen molar-refractivity contribution in [2.24, 2.45) is 0 Å². The summed E-state index contributed by atoms with van der Waals surface area (Å²) in [5.41, 5.74) is 1.04. The maximum Gasteiger partial charge on any atom is 0 e. The molecule has 0 atom stereocenters. The standard InChI is InChI=1S/C6H6N.U/c1-6-4-2-3-5-7-6;/h2,4-5H,1H3;/q-1;. The van der Waals surface area contributed by atoms with E-state index in [0.717, 1.165) is 5.69 Å². The first-order valence-electron chi connectivity index (χ1n) is 2.18. The van der Waals surface area contributed by atoms with Crippen LogP contribution in [0, 0.1) is 44.1 Å². The predicted molar refractivity (Wildman–Crippen MR) is 27.8 cm³/mol. The molecule has 40 valence electrons. The van der Waals surface area contributed by atoms with Crippen LogP contribution in [0.4, 0.5) is 0 Å². The largest absolute Gasteiger partial charge is 0.301 e. The third-order valence-corrected chi connectivity index (χ3v) is 0.763. The van der Waals surface area contributed by atoms with Crippen LogP contribution in [-0.2, 0) is 0 Å². The first-order valence-corrected chi connectivity index (χ1v) is 2.18. The van der Waals surface area contributed by atoms with E-state index in [4.69, 9.17) is 0 Å². The fourth-order valence-corrected chi connectivity index (χ4v) is 0.394. The Hall–Kier alpha value is 0.202. The number of nitrogens with zero attached hydrogens (tertiary/aromatic N) is 1. The van der Waals surface area contributed by atoms with Gasteiger partial charge in [-0.2, -0.15) is 6.07 Å². The molecule has 0 aliphatic rings. The number of aromatic nitrogens is 1. The molecule has 0 aromatic carbocycles. The second kappa shape index (κ2) is 4.12. The number of aryl methyl sites for hydroxylation is 1. The molecule has 0 aliphatic heterocycles. The van der Waals surface area contributed by atoms with Crippen LogP contribution in [0.3, 0.4) is 0 Å². The molecule has 1 aromatic heterocycles. The quantitative estimate of drug-likeness (QED) is 0.652. The summed E-state index contributed by atoms with van der Waals surface area (Å²) in [5.74, 6) is 0. The zero-order chi connectivity index (χ0) is 5.11. The first kappa shape index (κ1) is 8.20. The van der Waals surface area contributed by atoms with E-state index >= 15 is 0 Å². The van der Waals surface area contributed by atoms with Crippen molar-refractivity contribution in [2.45, 2.75) is 6.92 Å². The van der Waals surface area contributed by atoms with E-state index in [2.05, 4.69) is 11.1 Å². The van der Waals surface area contributed by atoms with E-state index in [-0.39, 0.29) is 31.1 Å². The van der Waals surface area contributed by atoms with Crippen LogP contribution >= 0.6 is 0 Å². The van der Waals surface area contributed by atoms with E-state index in [1.807, 2.05) is 19.1 Å². The van der Waals surface area contributed by atoms with Crippen LogP contribution in [0.25, 0.3) is 0 Å². The zero-order valence-corrected chi connectivity index (χ0v) is 8.84. The Bertz CT molecular complexity index is 138. The molecule has 0 fully saturated rings. The van der Waals surface area contributed by atoms with Gasteiger partial charge in [-0.25, -0.2) is 12.1 Å². The number of hydrogen-bond acceptors (Lipinski definition) is 1. The molecular formula is C6H6NU-. The van der Waals surface area contributed by atoms with Gasteiger partial charge in [-0.15, -0.1) is 0 Å². The third-order valence-electron chi connectivity index (χ3n) is 0.763. The zero-order valence-electron chi connectivity index (χ0n) is 4.68. The van der Waals surface area contributed by atoms with Crippen molar-refractivity contribution in [2.75, 3.05) is 0 Å². The topological polar surface area (TPSA) is 12.9 Å². The summed E-state index contributed by atoms with van der Waals surface area (Å²) in [6, 6.07) is 6.59. The average molecular weight is 330 g/mol. The minimum Gasteiger partial charge on any atom is -0.301 e. The van der Waals surface area contributed by atoms with Gasteiger partial charge in [-0.3, -0.25) is 0 Å². The molecule has 0 bridgehead atoms. The van der Waals surface area contributed by atoms with Gasteiger partial charge in [0.1, 0.15) is 0 Å². The van der Waals surface area contributed by atoms with Gasteiger partial charge in [0.05, 0.1) is 0 Å². The number of hydrogen-bond donors (Lipinski definition) is 0. The normalized spacial score (nSPS) is 7.62. The SMILES string of the molecule is Cc1cc[c-]cn1.[U]. The molecule has 1 aromatic rings. The molecule has 0 unspecified atom stereocenters. The summed E-state index contributed by atoms with van der Waals surface area (Å²) in [7, 11) is 0. The second-order valence-corrected chi connectivity index (χ2v) is 1.40. The van der Waals surface area contributed by atoms with Crippen molar-refractivity contribution in [3.8, 4) is 0 Å². The second-order valence-electron chi connectivity index (χ2n) is 1.40. The third kappa shape index (κ3) is 2.49. The monoisotopic (exact) mass is 330 g/mol. The average Bonchev–Trinajstić information content (AvgIpc) is 1.69. The molecule has 2 heteroatoms. The van der Waals surface area contributed by atoms with Crippen LogP contribution in [-0.4, -0.2) is 4.98 Å². The van der Waals surface area contributed by atoms with Gasteiger partial charge >= 0.3 is 0 Å². The predicted octanol–water partition coefficient (Wildman–Crippen LogP) is 1.19. The Morgan fingerprint density at radius 3 is 2.62 bits per heavy atom. The van der Waals surface area contributed by atoms with Crippen molar-refractivity contribution >= 4 is 0 Å². The molecule has 1 heterocycles. The molecule has 0 N–H and O–H groups in total. The summed E-state index contributed by atoms with van der Waals surface area (Å²) >= 11 is 0. The number of rotatable bonds is 0. The Balaban J connectivity index is 0.000000490. The smallest absolute Gasteiger partial charge is 0 e. The minimum atomic E-state index is 0. The molecule has 8 heavy (non-hydrogen) atoms. The number of pyridine rings is 1. The van der Waals surface area contributed by atoms with E-state index < -0.39 is 0 Å². The van der Waals surface area contributed by atoms with Crippen LogP contribution in [0.15, 0.2) is 18.3 Å². The van der Waals surface area contributed by atoms with E-state index in [1.165, 1.54) is 0 Å². The maximum absolute atomic E-state index is 3.92. The molecule has 0 aliphatic carbocycles. The first-order chi connectivity index (χ1) is 3.39. The van der Waals surface area contributed by atoms with Gasteiger partial charge in [0, 0.05) is 31.1 Å². The van der Waals surface area contributed by atoms with Gasteiger partial charge < -0.3 is 4.98 Å². The van der Waals surface area contributed by atoms with E-state index in [9.17, 15) is 0 Å². The van der Waals surface area contributed by atoms with Crippen molar-refractivity contribution < 1.29 is 31.1 Å². The summed E-state index contributed by atoms with van der Waals surface area (Å²) in [6.45, 7) is 1.95. The Morgan fingerprint density at radius 1 is 1.62 bits per heavy atom. The van der Waals surface area contributed by atoms with Gasteiger partial charge in [0.2, 0.25) is 0 Å². The molecule has 1 rings (SSSR count). The van der Waals surface area contributed by atoms with Gasteiger partial charge in [-0.1, -0.05) is 6.20 Å². The Morgan fingerprint density at radius 2 is 2.38 bits per heavy atom. The molecule has 0 saturated heterocycles. The van der Waals surface area contributed by atoms with Gasteiger partial charge in [0.25, 0.3) is 0 Å². The van der Waals surface area contributed by atoms with Gasteiger partial charge in [0.15, 0.2) is 0 Å². The fourth-order valence-electron chi connectivity index (χ4n) is 0.394. The fraction of sp³-hybridized carbons (Fsp3) is 0.167. The van der Waals surface area contributed by atoms with E-state index in [1.54, 1.807) is 6.20 Å². The Labute approximate surface area is 72.9 Å². The van der Waals surface area contributed by atoms with Crippen molar-refractivity contribution in [1.29, 1.82) is 0 Å².